The van der Waals surface area contributed by atoms with Gasteiger partial charge in [0.05, 0.1) is 20.8 Å². The number of hydrogen-bond donors (Lipinski definition) is 1. The Hall–Kier alpha value is -1.71. The number of hydrogen-bond acceptors (Lipinski definition) is 3. The van der Waals surface area contributed by atoms with E-state index < -0.39 is 5.60 Å². The highest BCUT2D eigenvalue weighted by Crippen LogP contribution is 2.30. The predicted molar refractivity (Wildman–Crippen MR) is 84.1 cm³/mol. The van der Waals surface area contributed by atoms with Crippen LogP contribution in [-0.2, 0) is 12.0 Å². The summed E-state index contributed by atoms with van der Waals surface area (Å²) in [6.45, 7) is 3.89. The number of nitrogens with zero attached hydrogens (tertiary/aromatic N) is 1. The molecule has 0 aliphatic heterocycles. The summed E-state index contributed by atoms with van der Waals surface area (Å²) in [5.41, 5.74) is 2.22. The van der Waals surface area contributed by atoms with E-state index in [0.29, 0.717) is 6.42 Å². The summed E-state index contributed by atoms with van der Waals surface area (Å²) in [5, 5.41) is 11.7. The van der Waals surface area contributed by atoms with Gasteiger partial charge in [0.1, 0.15) is 0 Å². The van der Waals surface area contributed by atoms with Crippen LogP contribution in [0.4, 0.5) is 0 Å². The van der Waals surface area contributed by atoms with Gasteiger partial charge in [-0.15, -0.1) is 11.3 Å². The van der Waals surface area contributed by atoms with E-state index in [9.17, 15) is 5.11 Å². The maximum atomic E-state index is 10.8. The summed E-state index contributed by atoms with van der Waals surface area (Å²) in [6, 6.07) is 16.1. The molecule has 102 valence electrons. The normalized spacial score (nSPS) is 14.3. The van der Waals surface area contributed by atoms with Crippen LogP contribution in [0.15, 0.2) is 48.5 Å². The quantitative estimate of drug-likeness (QED) is 0.786. The first-order valence-corrected chi connectivity index (χ1v) is 7.50. The number of aliphatic hydroxyl groups is 1. The third-order valence-electron chi connectivity index (χ3n) is 3.47. The van der Waals surface area contributed by atoms with Gasteiger partial charge in [-0.05, 0) is 31.5 Å². The Labute approximate surface area is 122 Å². The molecule has 0 aliphatic rings. The number of para-hydroxylation sites is 1. The van der Waals surface area contributed by atoms with E-state index in [4.69, 9.17) is 0 Å². The van der Waals surface area contributed by atoms with Crippen molar-refractivity contribution in [3.8, 4) is 0 Å². The van der Waals surface area contributed by atoms with Gasteiger partial charge in [-0.3, -0.25) is 0 Å². The minimum absolute atomic E-state index is 0.538. The molecule has 3 aromatic rings. The molecular weight excluding hydrogens is 266 g/mol. The molecule has 2 aromatic carbocycles. The monoisotopic (exact) mass is 283 g/mol. The zero-order valence-electron chi connectivity index (χ0n) is 11.6. The molecule has 1 aromatic heterocycles. The van der Waals surface area contributed by atoms with Gasteiger partial charge in [0, 0.05) is 6.42 Å². The molecule has 0 saturated heterocycles. The molecule has 0 fully saturated rings. The number of fused-ring (bicyclic) bond motifs is 1. The average molecular weight is 283 g/mol. The lowest BCUT2D eigenvalue weighted by atomic mass is 9.92. The molecule has 2 nitrogen and oxygen atoms in total. The van der Waals surface area contributed by atoms with Crippen molar-refractivity contribution in [3.63, 3.8) is 0 Å². The predicted octanol–water partition coefficient (Wildman–Crippen LogP) is 4.05. The molecule has 3 rings (SSSR count). The number of aromatic nitrogens is 1. The Morgan fingerprint density at radius 3 is 2.70 bits per heavy atom. The zero-order valence-corrected chi connectivity index (χ0v) is 12.4. The maximum absolute atomic E-state index is 10.8. The van der Waals surface area contributed by atoms with Gasteiger partial charge in [0.25, 0.3) is 0 Å². The first-order valence-electron chi connectivity index (χ1n) is 6.68. The summed E-state index contributed by atoms with van der Waals surface area (Å²) in [5.74, 6) is 0. The third kappa shape index (κ3) is 2.60. The lowest BCUT2D eigenvalue weighted by Gasteiger charge is -2.23. The minimum atomic E-state index is -0.889. The van der Waals surface area contributed by atoms with Gasteiger partial charge in [-0.25, -0.2) is 4.98 Å². The van der Waals surface area contributed by atoms with Gasteiger partial charge < -0.3 is 5.11 Å². The van der Waals surface area contributed by atoms with Crippen molar-refractivity contribution in [2.45, 2.75) is 25.9 Å². The SMILES string of the molecule is Cc1cccc(C(C)(O)Cc2nc3ccccc3s2)c1. The van der Waals surface area contributed by atoms with Crippen molar-refractivity contribution in [2.75, 3.05) is 0 Å². The second-order valence-electron chi connectivity index (χ2n) is 5.40. The summed E-state index contributed by atoms with van der Waals surface area (Å²) >= 11 is 1.65. The van der Waals surface area contributed by atoms with Crippen LogP contribution in [0.1, 0.15) is 23.1 Å². The topological polar surface area (TPSA) is 33.1 Å². The fourth-order valence-corrected chi connectivity index (χ4v) is 3.49. The smallest absolute Gasteiger partial charge is 0.0970 e. The fraction of sp³-hybridized carbons (Fsp3) is 0.235. The van der Waals surface area contributed by atoms with E-state index in [0.717, 1.165) is 21.7 Å². The molecule has 1 unspecified atom stereocenters. The van der Waals surface area contributed by atoms with Crippen molar-refractivity contribution in [3.05, 3.63) is 64.7 Å². The van der Waals surface area contributed by atoms with Crippen LogP contribution in [0.3, 0.4) is 0 Å². The van der Waals surface area contributed by atoms with Crippen molar-refractivity contribution >= 4 is 21.6 Å². The highest BCUT2D eigenvalue weighted by atomic mass is 32.1. The molecule has 3 heteroatoms. The zero-order chi connectivity index (χ0) is 14.2. The summed E-state index contributed by atoms with van der Waals surface area (Å²) in [6.07, 6.45) is 0.538. The van der Waals surface area contributed by atoms with Crippen LogP contribution in [0.5, 0.6) is 0 Å². The summed E-state index contributed by atoms with van der Waals surface area (Å²) in [4.78, 5) is 4.60. The maximum Gasteiger partial charge on any atom is 0.0970 e. The second-order valence-corrected chi connectivity index (χ2v) is 6.51. The molecule has 0 spiro atoms. The Bertz CT molecular complexity index is 712. The Morgan fingerprint density at radius 1 is 1.15 bits per heavy atom. The number of thiazole rings is 1. The number of benzene rings is 2. The average Bonchev–Trinajstić information content (AvgIpc) is 2.80. The van der Waals surface area contributed by atoms with Crippen molar-refractivity contribution in [2.24, 2.45) is 0 Å². The van der Waals surface area contributed by atoms with E-state index in [1.807, 2.05) is 56.3 Å². The molecule has 0 amide bonds. The molecule has 1 N–H and O–H groups in total. The minimum Gasteiger partial charge on any atom is -0.385 e. The van der Waals surface area contributed by atoms with E-state index >= 15 is 0 Å². The first-order chi connectivity index (χ1) is 9.54. The van der Waals surface area contributed by atoms with Crippen LogP contribution in [0.25, 0.3) is 10.2 Å². The van der Waals surface area contributed by atoms with E-state index in [2.05, 4.69) is 11.1 Å². The van der Waals surface area contributed by atoms with Gasteiger partial charge in [-0.2, -0.15) is 0 Å². The van der Waals surface area contributed by atoms with E-state index in [-0.39, 0.29) is 0 Å². The lowest BCUT2D eigenvalue weighted by Crippen LogP contribution is -2.24. The molecule has 0 saturated carbocycles. The van der Waals surface area contributed by atoms with Gasteiger partial charge in [-0.1, -0.05) is 42.0 Å². The van der Waals surface area contributed by atoms with E-state index in [1.54, 1.807) is 11.3 Å². The lowest BCUT2D eigenvalue weighted by molar-refractivity contribution is 0.0575. The second kappa shape index (κ2) is 5.00. The molecule has 1 atom stereocenters. The number of rotatable bonds is 3. The van der Waals surface area contributed by atoms with Crippen molar-refractivity contribution in [1.82, 2.24) is 4.98 Å². The molecular formula is C17H17NOS. The third-order valence-corrected chi connectivity index (χ3v) is 4.51. The van der Waals surface area contributed by atoms with Gasteiger partial charge in [0.2, 0.25) is 0 Å². The Kier molecular flexibility index (Phi) is 3.32. The summed E-state index contributed by atoms with van der Waals surface area (Å²) < 4.78 is 1.17. The van der Waals surface area contributed by atoms with Gasteiger partial charge >= 0.3 is 0 Å². The van der Waals surface area contributed by atoms with Crippen molar-refractivity contribution in [1.29, 1.82) is 0 Å². The standard InChI is InChI=1S/C17H17NOS/c1-12-6-5-7-13(10-12)17(2,19)11-16-18-14-8-3-4-9-15(14)20-16/h3-10,19H,11H2,1-2H3. The molecule has 20 heavy (non-hydrogen) atoms. The largest absolute Gasteiger partial charge is 0.385 e. The molecule has 0 bridgehead atoms. The van der Waals surface area contributed by atoms with Crippen LogP contribution in [-0.4, -0.2) is 10.1 Å². The highest BCUT2D eigenvalue weighted by Gasteiger charge is 2.25. The van der Waals surface area contributed by atoms with Gasteiger partial charge in [0.15, 0.2) is 0 Å². The van der Waals surface area contributed by atoms with Crippen LogP contribution < -0.4 is 0 Å². The molecule has 0 radical (unpaired) electrons. The Balaban J connectivity index is 1.92. The summed E-state index contributed by atoms with van der Waals surface area (Å²) in [7, 11) is 0. The van der Waals surface area contributed by atoms with Crippen molar-refractivity contribution < 1.29 is 5.11 Å². The fourth-order valence-electron chi connectivity index (χ4n) is 2.37. The molecule has 0 aliphatic carbocycles. The molecule has 1 heterocycles. The van der Waals surface area contributed by atoms with Crippen LogP contribution >= 0.6 is 11.3 Å². The first kappa shape index (κ1) is 13.3. The van der Waals surface area contributed by atoms with E-state index in [1.165, 1.54) is 4.70 Å². The number of aryl methyl sites for hydroxylation is 1. The highest BCUT2D eigenvalue weighted by molar-refractivity contribution is 7.18. The Morgan fingerprint density at radius 2 is 1.95 bits per heavy atom. The van der Waals surface area contributed by atoms with Crippen LogP contribution in [0.2, 0.25) is 0 Å². The van der Waals surface area contributed by atoms with Crippen LogP contribution in [0, 0.1) is 6.92 Å².